The summed E-state index contributed by atoms with van der Waals surface area (Å²) >= 11 is 6.80. The maximum Gasteiger partial charge on any atom is 0.101 e. The van der Waals surface area contributed by atoms with E-state index in [9.17, 15) is 0 Å². The summed E-state index contributed by atoms with van der Waals surface area (Å²) in [5.74, 6) is 0. The van der Waals surface area contributed by atoms with Crippen molar-refractivity contribution >= 4 is 39.7 Å². The summed E-state index contributed by atoms with van der Waals surface area (Å²) in [6.07, 6.45) is 1.58. The Labute approximate surface area is 73.4 Å². The van der Waals surface area contributed by atoms with Crippen LogP contribution in [0.4, 0.5) is 10.7 Å². The number of rotatable bonds is 1. The average Bonchev–Trinajstić information content (AvgIpc) is 2.09. The summed E-state index contributed by atoms with van der Waals surface area (Å²) < 4.78 is 0. The van der Waals surface area contributed by atoms with Crippen LogP contribution in [0.15, 0.2) is 11.2 Å². The number of hydrogen-bond donors (Lipinski definition) is 3. The summed E-state index contributed by atoms with van der Waals surface area (Å²) in [4.78, 5) is 0.801. The molecule has 0 spiro atoms. The Balaban J connectivity index is 3.04. The summed E-state index contributed by atoms with van der Waals surface area (Å²) in [5, 5.41) is 0.866. The molecule has 0 atom stereocenters. The van der Waals surface area contributed by atoms with Gasteiger partial charge in [0, 0.05) is 0 Å². The summed E-state index contributed by atoms with van der Waals surface area (Å²) in [7, 11) is 0. The monoisotopic (exact) mass is 189 g/mol. The van der Waals surface area contributed by atoms with Crippen molar-refractivity contribution < 1.29 is 0 Å². The molecule has 0 saturated heterocycles. The molecule has 11 heavy (non-hydrogen) atoms. The number of nitrogen functional groups attached to an aromatic ring is 2. The lowest BCUT2D eigenvalue weighted by molar-refractivity contribution is 1.57. The quantitative estimate of drug-likeness (QED) is 0.585. The van der Waals surface area contributed by atoms with Crippen LogP contribution in [0.3, 0.4) is 0 Å². The molecule has 0 aromatic carbocycles. The van der Waals surface area contributed by atoms with Gasteiger partial charge in [0.1, 0.15) is 5.16 Å². The molecule has 1 heterocycles. The van der Waals surface area contributed by atoms with Crippen LogP contribution >= 0.6 is 22.9 Å². The summed E-state index contributed by atoms with van der Waals surface area (Å²) in [6, 6.07) is 1.68. The van der Waals surface area contributed by atoms with Crippen LogP contribution in [0.25, 0.3) is 6.08 Å². The van der Waals surface area contributed by atoms with Crippen molar-refractivity contribution in [2.75, 3.05) is 11.5 Å². The predicted octanol–water partition coefficient (Wildman–Crippen LogP) is 1.41. The Morgan fingerprint density at radius 1 is 1.55 bits per heavy atom. The first kappa shape index (κ1) is 8.23. The Morgan fingerprint density at radius 3 is 2.55 bits per heavy atom. The lowest BCUT2D eigenvalue weighted by Gasteiger charge is -1.88. The van der Waals surface area contributed by atoms with E-state index < -0.39 is 0 Å². The van der Waals surface area contributed by atoms with Crippen LogP contribution in [-0.2, 0) is 0 Å². The molecular weight excluding hydrogens is 182 g/mol. The number of thiophene rings is 1. The van der Waals surface area contributed by atoms with E-state index in [1.807, 2.05) is 0 Å². The van der Waals surface area contributed by atoms with Crippen molar-refractivity contribution in [3.8, 4) is 0 Å². The molecule has 1 aromatic heterocycles. The smallest absolute Gasteiger partial charge is 0.101 e. The molecule has 5 heteroatoms. The highest BCUT2D eigenvalue weighted by molar-refractivity contribution is 7.17. The summed E-state index contributed by atoms with van der Waals surface area (Å²) in [6.45, 7) is 0. The van der Waals surface area contributed by atoms with Crippen molar-refractivity contribution in [2.45, 2.75) is 0 Å². The van der Waals surface area contributed by atoms with Gasteiger partial charge in [0.15, 0.2) is 0 Å². The molecule has 1 rings (SSSR count). The first-order valence-corrected chi connectivity index (χ1v) is 4.06. The van der Waals surface area contributed by atoms with E-state index in [0.29, 0.717) is 10.7 Å². The minimum atomic E-state index is 0.207. The molecule has 6 N–H and O–H groups in total. The van der Waals surface area contributed by atoms with Gasteiger partial charge in [0.2, 0.25) is 0 Å². The molecule has 0 fully saturated rings. The Kier molecular flexibility index (Phi) is 2.26. The normalized spacial score (nSPS) is 11.9. The summed E-state index contributed by atoms with van der Waals surface area (Å²) in [5.41, 5.74) is 16.9. The molecule has 0 aliphatic carbocycles. The third kappa shape index (κ3) is 2.03. The van der Waals surface area contributed by atoms with Crippen LogP contribution in [-0.4, -0.2) is 0 Å². The maximum absolute atomic E-state index is 5.56. The maximum atomic E-state index is 5.56. The van der Waals surface area contributed by atoms with E-state index in [4.69, 9.17) is 28.8 Å². The lowest BCUT2D eigenvalue weighted by atomic mass is 10.4. The number of halogens is 1. The lowest BCUT2D eigenvalue weighted by Crippen LogP contribution is -1.87. The van der Waals surface area contributed by atoms with Crippen molar-refractivity contribution in [3.05, 3.63) is 16.1 Å². The molecule has 60 valence electrons. The van der Waals surface area contributed by atoms with Gasteiger partial charge in [-0.2, -0.15) is 0 Å². The number of anilines is 2. The zero-order valence-electron chi connectivity index (χ0n) is 5.67. The van der Waals surface area contributed by atoms with E-state index in [0.717, 1.165) is 4.88 Å². The Hall–Kier alpha value is -0.870. The van der Waals surface area contributed by atoms with Gasteiger partial charge in [-0.25, -0.2) is 0 Å². The zero-order valence-corrected chi connectivity index (χ0v) is 7.25. The van der Waals surface area contributed by atoms with Gasteiger partial charge in [-0.3, -0.25) is 0 Å². The van der Waals surface area contributed by atoms with E-state index in [1.54, 1.807) is 12.1 Å². The zero-order chi connectivity index (χ0) is 8.43. The largest absolute Gasteiger partial charge is 0.397 e. The number of hydrogen-bond acceptors (Lipinski definition) is 4. The van der Waals surface area contributed by atoms with E-state index in [2.05, 4.69) is 0 Å². The first-order chi connectivity index (χ1) is 5.09. The minimum absolute atomic E-state index is 0.207. The molecule has 0 saturated carbocycles. The van der Waals surface area contributed by atoms with Gasteiger partial charge in [-0.05, 0) is 12.1 Å². The SMILES string of the molecule is N/C(Cl)=C\c1sc(N)cc1N. The molecule has 0 unspecified atom stereocenters. The molecule has 0 aliphatic rings. The van der Waals surface area contributed by atoms with Crippen LogP contribution in [0.5, 0.6) is 0 Å². The second-order valence-electron chi connectivity index (χ2n) is 2.00. The first-order valence-electron chi connectivity index (χ1n) is 2.87. The van der Waals surface area contributed by atoms with Gasteiger partial charge in [-0.1, -0.05) is 11.6 Å². The van der Waals surface area contributed by atoms with Crippen LogP contribution in [0.1, 0.15) is 4.88 Å². The molecule has 0 radical (unpaired) electrons. The highest BCUT2D eigenvalue weighted by Crippen LogP contribution is 2.28. The van der Waals surface area contributed by atoms with Crippen LogP contribution < -0.4 is 17.2 Å². The molecule has 0 bridgehead atoms. The fraction of sp³-hybridized carbons (Fsp3) is 0. The third-order valence-electron chi connectivity index (χ3n) is 1.08. The van der Waals surface area contributed by atoms with Gasteiger partial charge < -0.3 is 17.2 Å². The van der Waals surface area contributed by atoms with Crippen molar-refractivity contribution in [3.63, 3.8) is 0 Å². The van der Waals surface area contributed by atoms with Gasteiger partial charge >= 0.3 is 0 Å². The highest BCUT2D eigenvalue weighted by Gasteiger charge is 2.00. The third-order valence-corrected chi connectivity index (χ3v) is 2.12. The Bertz CT molecular complexity index is 288. The van der Waals surface area contributed by atoms with Crippen LogP contribution in [0.2, 0.25) is 0 Å². The highest BCUT2D eigenvalue weighted by atomic mass is 35.5. The molecule has 0 amide bonds. The predicted molar refractivity (Wildman–Crippen MR) is 51.2 cm³/mol. The van der Waals surface area contributed by atoms with E-state index in [-0.39, 0.29) is 5.16 Å². The van der Waals surface area contributed by atoms with Gasteiger partial charge in [0.25, 0.3) is 0 Å². The van der Waals surface area contributed by atoms with Crippen molar-refractivity contribution in [1.29, 1.82) is 0 Å². The average molecular weight is 190 g/mol. The number of nitrogens with two attached hydrogens (primary N) is 3. The standard InChI is InChI=1S/C6H8ClN3S/c7-5(9)2-4-3(8)1-6(10)11-4/h1-2H,8-10H2/b5-2-. The van der Waals surface area contributed by atoms with Gasteiger partial charge in [0.05, 0.1) is 15.6 Å². The fourth-order valence-electron chi connectivity index (χ4n) is 0.678. The van der Waals surface area contributed by atoms with Crippen molar-refractivity contribution in [1.82, 2.24) is 0 Å². The van der Waals surface area contributed by atoms with Crippen LogP contribution in [0, 0.1) is 0 Å². The molecule has 3 nitrogen and oxygen atoms in total. The second-order valence-corrected chi connectivity index (χ2v) is 3.55. The topological polar surface area (TPSA) is 78.1 Å². The van der Waals surface area contributed by atoms with E-state index >= 15 is 0 Å². The second kappa shape index (κ2) is 3.02. The molecule has 1 aromatic rings. The van der Waals surface area contributed by atoms with E-state index in [1.165, 1.54) is 11.3 Å². The molecule has 0 aliphatic heterocycles. The van der Waals surface area contributed by atoms with Crippen molar-refractivity contribution in [2.24, 2.45) is 5.73 Å². The molecular formula is C6H8ClN3S. The minimum Gasteiger partial charge on any atom is -0.397 e. The fourth-order valence-corrected chi connectivity index (χ4v) is 1.65. The Morgan fingerprint density at radius 2 is 2.18 bits per heavy atom. The van der Waals surface area contributed by atoms with Gasteiger partial charge in [-0.15, -0.1) is 11.3 Å².